The Hall–Kier alpha value is -6.63. The summed E-state index contributed by atoms with van der Waals surface area (Å²) in [6.45, 7) is 0. The van der Waals surface area contributed by atoms with Crippen molar-refractivity contribution in [1.29, 1.82) is 0 Å². The molecule has 0 saturated heterocycles. The molecule has 0 spiro atoms. The number of aromatic nitrogens is 5. The molecule has 51 heavy (non-hydrogen) atoms. The van der Waals surface area contributed by atoms with Gasteiger partial charge < -0.3 is 0 Å². The van der Waals surface area contributed by atoms with Crippen LogP contribution in [0.25, 0.3) is 98.2 Å². The van der Waals surface area contributed by atoms with Gasteiger partial charge in [-0.3, -0.25) is 9.13 Å². The van der Waals surface area contributed by atoms with Crippen molar-refractivity contribution in [3.63, 3.8) is 0 Å². The maximum absolute atomic E-state index is 5.39. The van der Waals surface area contributed by atoms with Crippen LogP contribution in [0.15, 0.2) is 164 Å². The number of hydrogen-bond acceptors (Lipinski definition) is 4. The molecule has 0 aliphatic rings. The van der Waals surface area contributed by atoms with Crippen LogP contribution in [0.3, 0.4) is 0 Å². The van der Waals surface area contributed by atoms with Crippen molar-refractivity contribution in [3.8, 4) is 34.4 Å². The normalized spacial score (nSPS) is 11.9. The highest BCUT2D eigenvalue weighted by Gasteiger charge is 2.22. The fraction of sp³-hybridized carbons (Fsp3) is 0. The third-order valence-corrected chi connectivity index (χ3v) is 11.2. The molecule has 0 fully saturated rings. The van der Waals surface area contributed by atoms with Gasteiger partial charge in [-0.2, -0.15) is 15.0 Å². The van der Waals surface area contributed by atoms with Crippen LogP contribution in [0.2, 0.25) is 0 Å². The zero-order valence-corrected chi connectivity index (χ0v) is 28.0. The predicted octanol–water partition coefficient (Wildman–Crippen LogP) is 11.8. The lowest BCUT2D eigenvalue weighted by Gasteiger charge is -2.13. The van der Waals surface area contributed by atoms with Crippen LogP contribution in [-0.4, -0.2) is 24.1 Å². The Morgan fingerprint density at radius 2 is 0.902 bits per heavy atom. The quantitative estimate of drug-likeness (QED) is 0.187. The van der Waals surface area contributed by atoms with E-state index in [1.807, 2.05) is 0 Å². The van der Waals surface area contributed by atoms with Gasteiger partial charge in [-0.1, -0.05) is 127 Å². The molecule has 0 radical (unpaired) electrons. The fourth-order valence-corrected chi connectivity index (χ4v) is 8.90. The summed E-state index contributed by atoms with van der Waals surface area (Å²) in [4.78, 5) is 16.1. The zero-order chi connectivity index (χ0) is 33.5. The third-order valence-electron chi connectivity index (χ3n) is 10.0. The van der Waals surface area contributed by atoms with Crippen molar-refractivity contribution < 1.29 is 0 Å². The minimum absolute atomic E-state index is 0.574. The summed E-state index contributed by atoms with van der Waals surface area (Å²) in [6.07, 6.45) is 0. The Kier molecular flexibility index (Phi) is 6.05. The van der Waals surface area contributed by atoms with Gasteiger partial charge in [-0.05, 0) is 47.5 Å². The molecule has 0 aliphatic heterocycles. The lowest BCUT2D eigenvalue weighted by Crippen LogP contribution is -2.10. The highest BCUT2D eigenvalue weighted by Crippen LogP contribution is 2.40. The standard InChI is InChI=1S/C45H27N5S/c1-2-13-28(14-3-1)29-25-26-33-32-17-6-10-22-38(32)50(39(33)27-29)45-47-43(35-19-12-24-41-42(35)34-18-7-11-23-40(34)51-41)46-44(48-45)49-36-20-8-4-15-30(36)31-16-5-9-21-37(31)49/h1-27H. The summed E-state index contributed by atoms with van der Waals surface area (Å²) < 4.78 is 6.85. The summed E-state index contributed by atoms with van der Waals surface area (Å²) in [5, 5.41) is 6.99. The molecule has 0 N–H and O–H groups in total. The van der Waals surface area contributed by atoms with E-state index in [0.717, 1.165) is 65.7 Å². The van der Waals surface area contributed by atoms with Crippen LogP contribution < -0.4 is 0 Å². The number of benzene rings is 7. The first kappa shape index (κ1) is 28.2. The van der Waals surface area contributed by atoms with E-state index < -0.39 is 0 Å². The molecule has 0 atom stereocenters. The lowest BCUT2D eigenvalue weighted by atomic mass is 10.0. The Morgan fingerprint density at radius 3 is 1.57 bits per heavy atom. The van der Waals surface area contributed by atoms with Crippen LogP contribution in [0.5, 0.6) is 0 Å². The maximum atomic E-state index is 5.39. The van der Waals surface area contributed by atoms with Gasteiger partial charge in [-0.15, -0.1) is 11.3 Å². The average Bonchev–Trinajstić information content (AvgIpc) is 3.85. The van der Waals surface area contributed by atoms with Gasteiger partial charge >= 0.3 is 0 Å². The summed E-state index contributed by atoms with van der Waals surface area (Å²) in [5.74, 6) is 1.79. The smallest absolute Gasteiger partial charge is 0.240 e. The molecule has 0 aliphatic carbocycles. The summed E-state index contributed by atoms with van der Waals surface area (Å²) >= 11 is 1.80. The van der Waals surface area contributed by atoms with E-state index in [-0.39, 0.29) is 0 Å². The van der Waals surface area contributed by atoms with Crippen LogP contribution in [0.1, 0.15) is 0 Å². The number of para-hydroxylation sites is 3. The first-order chi connectivity index (χ1) is 25.3. The van der Waals surface area contributed by atoms with Gasteiger partial charge in [0.2, 0.25) is 11.9 Å². The molecular weight excluding hydrogens is 643 g/mol. The number of thiophene rings is 1. The molecule has 11 aromatic rings. The Morgan fingerprint density at radius 1 is 0.373 bits per heavy atom. The largest absolute Gasteiger partial charge is 0.278 e. The molecule has 4 heterocycles. The molecule has 0 amide bonds. The summed E-state index contributed by atoms with van der Waals surface area (Å²) in [6, 6.07) is 57.8. The molecule has 0 bridgehead atoms. The molecule has 4 aromatic heterocycles. The summed E-state index contributed by atoms with van der Waals surface area (Å²) in [7, 11) is 0. The van der Waals surface area contributed by atoms with E-state index >= 15 is 0 Å². The maximum Gasteiger partial charge on any atom is 0.240 e. The van der Waals surface area contributed by atoms with Gasteiger partial charge in [0.25, 0.3) is 0 Å². The highest BCUT2D eigenvalue weighted by atomic mass is 32.1. The Bertz CT molecular complexity index is 3100. The van der Waals surface area contributed by atoms with E-state index in [0.29, 0.717) is 17.7 Å². The topological polar surface area (TPSA) is 48.5 Å². The molecular formula is C45H27N5S. The van der Waals surface area contributed by atoms with E-state index in [9.17, 15) is 0 Å². The van der Waals surface area contributed by atoms with Gasteiger partial charge in [0.15, 0.2) is 5.82 Å². The molecule has 238 valence electrons. The van der Waals surface area contributed by atoms with Crippen LogP contribution in [0, 0.1) is 0 Å². The first-order valence-electron chi connectivity index (χ1n) is 17.0. The van der Waals surface area contributed by atoms with E-state index in [4.69, 9.17) is 15.0 Å². The second-order valence-corrected chi connectivity index (χ2v) is 13.9. The van der Waals surface area contributed by atoms with E-state index in [1.54, 1.807) is 11.3 Å². The van der Waals surface area contributed by atoms with Crippen molar-refractivity contribution in [2.75, 3.05) is 0 Å². The van der Waals surface area contributed by atoms with Gasteiger partial charge in [0.1, 0.15) is 0 Å². The lowest BCUT2D eigenvalue weighted by molar-refractivity contribution is 0.893. The van der Waals surface area contributed by atoms with Crippen molar-refractivity contribution in [1.82, 2.24) is 24.1 Å². The van der Waals surface area contributed by atoms with Crippen molar-refractivity contribution in [3.05, 3.63) is 164 Å². The molecule has 6 heteroatoms. The second kappa shape index (κ2) is 10.9. The predicted molar refractivity (Wildman–Crippen MR) is 212 cm³/mol. The Labute approximate surface area is 296 Å². The summed E-state index contributed by atoms with van der Waals surface area (Å²) in [5.41, 5.74) is 7.47. The Balaban J connectivity index is 1.28. The number of hydrogen-bond donors (Lipinski definition) is 0. The SMILES string of the molecule is c1ccc(-c2ccc3c4ccccc4n(-c4nc(-c5cccc6sc7ccccc7c56)nc(-n5c6ccccc6c6ccccc65)n4)c3c2)cc1. The number of rotatable bonds is 4. The number of nitrogens with zero attached hydrogens (tertiary/aromatic N) is 5. The fourth-order valence-electron chi connectivity index (χ4n) is 7.77. The monoisotopic (exact) mass is 669 g/mol. The molecule has 0 unspecified atom stereocenters. The minimum atomic E-state index is 0.574. The van der Waals surface area contributed by atoms with Crippen LogP contribution in [0.4, 0.5) is 0 Å². The van der Waals surface area contributed by atoms with Crippen LogP contribution >= 0.6 is 11.3 Å². The van der Waals surface area contributed by atoms with Crippen molar-refractivity contribution >= 4 is 75.1 Å². The first-order valence-corrected chi connectivity index (χ1v) is 17.9. The molecule has 7 aromatic carbocycles. The van der Waals surface area contributed by atoms with Crippen molar-refractivity contribution in [2.24, 2.45) is 0 Å². The third kappa shape index (κ3) is 4.24. The molecule has 0 saturated carbocycles. The number of fused-ring (bicyclic) bond motifs is 9. The van der Waals surface area contributed by atoms with Gasteiger partial charge in [0, 0.05) is 47.3 Å². The van der Waals surface area contributed by atoms with Gasteiger partial charge in [-0.25, -0.2) is 0 Å². The highest BCUT2D eigenvalue weighted by molar-refractivity contribution is 7.25. The average molecular weight is 670 g/mol. The van der Waals surface area contributed by atoms with Crippen LogP contribution in [-0.2, 0) is 0 Å². The second-order valence-electron chi connectivity index (χ2n) is 12.9. The zero-order valence-electron chi connectivity index (χ0n) is 27.2. The van der Waals surface area contributed by atoms with E-state index in [1.165, 1.54) is 14.8 Å². The van der Waals surface area contributed by atoms with Crippen molar-refractivity contribution in [2.45, 2.75) is 0 Å². The minimum Gasteiger partial charge on any atom is -0.278 e. The van der Waals surface area contributed by atoms with Gasteiger partial charge in [0.05, 0.1) is 22.1 Å². The molecule has 5 nitrogen and oxygen atoms in total. The molecule has 11 rings (SSSR count). The van der Waals surface area contributed by atoms with E-state index in [2.05, 4.69) is 173 Å².